The largest absolute Gasteiger partial charge is 0.483 e. The molecule has 5 nitrogen and oxygen atoms in total. The summed E-state index contributed by atoms with van der Waals surface area (Å²) in [4.78, 5) is 9.11. The fourth-order valence-electron chi connectivity index (χ4n) is 1.93. The normalized spacial score (nSPS) is 28.8. The van der Waals surface area contributed by atoms with Gasteiger partial charge in [-0.1, -0.05) is 13.8 Å². The van der Waals surface area contributed by atoms with E-state index >= 15 is 0 Å². The maximum atomic E-state index is 9.11. The van der Waals surface area contributed by atoms with Gasteiger partial charge in [-0.15, -0.1) is 0 Å². The third-order valence-electron chi connectivity index (χ3n) is 2.96. The van der Waals surface area contributed by atoms with Crippen LogP contribution < -0.4 is 0 Å². The molecule has 0 aromatic rings. The monoisotopic (exact) mass is 242 g/mol. The first kappa shape index (κ1) is 14.0. The number of methoxy groups -OCH3 is 2. The van der Waals surface area contributed by atoms with Crippen molar-refractivity contribution in [2.24, 2.45) is 15.9 Å². The lowest BCUT2D eigenvalue weighted by Crippen LogP contribution is -2.45. The van der Waals surface area contributed by atoms with Crippen molar-refractivity contribution in [1.82, 2.24) is 0 Å². The van der Waals surface area contributed by atoms with Crippen LogP contribution in [-0.4, -0.2) is 49.3 Å². The molecule has 0 saturated carbocycles. The summed E-state index contributed by atoms with van der Waals surface area (Å²) in [5.41, 5.74) is -0.625. The number of hydrogen-bond acceptors (Lipinski definition) is 5. The van der Waals surface area contributed by atoms with Crippen molar-refractivity contribution in [2.45, 2.75) is 38.8 Å². The van der Waals surface area contributed by atoms with Crippen LogP contribution in [0.1, 0.15) is 27.2 Å². The topological polar surface area (TPSA) is 63.4 Å². The highest BCUT2D eigenvalue weighted by molar-refractivity contribution is 5.96. The van der Waals surface area contributed by atoms with Gasteiger partial charge in [0.05, 0.1) is 14.2 Å². The van der Waals surface area contributed by atoms with E-state index in [9.17, 15) is 0 Å². The summed E-state index contributed by atoms with van der Waals surface area (Å²) in [6.07, 6.45) is 0.470. The molecule has 0 radical (unpaired) electrons. The summed E-state index contributed by atoms with van der Waals surface area (Å²) in [5.74, 6) is 1.46. The molecule has 17 heavy (non-hydrogen) atoms. The fraction of sp³-hybridized carbons (Fsp3) is 0.833. The van der Waals surface area contributed by atoms with Crippen LogP contribution in [0.5, 0.6) is 0 Å². The maximum absolute atomic E-state index is 9.11. The Morgan fingerprint density at radius 1 is 1.35 bits per heavy atom. The number of hydrogen-bond donors (Lipinski definition) is 1. The number of ether oxygens (including phenoxy) is 2. The lowest BCUT2D eigenvalue weighted by molar-refractivity contribution is 0.243. The summed E-state index contributed by atoms with van der Waals surface area (Å²) in [6, 6.07) is -0.110. The molecule has 1 aliphatic heterocycles. The molecule has 1 rings (SSSR count). The highest BCUT2D eigenvalue weighted by atomic mass is 16.5. The zero-order valence-electron chi connectivity index (χ0n) is 11.2. The molecule has 1 heterocycles. The molecular weight excluding hydrogens is 220 g/mol. The quantitative estimate of drug-likeness (QED) is 0.810. The van der Waals surface area contributed by atoms with Gasteiger partial charge in [0.1, 0.15) is 11.6 Å². The Morgan fingerprint density at radius 3 is 2.41 bits per heavy atom. The minimum atomic E-state index is -0.625. The molecule has 0 spiro atoms. The van der Waals surface area contributed by atoms with Gasteiger partial charge in [-0.25, -0.2) is 9.98 Å². The summed E-state index contributed by atoms with van der Waals surface area (Å²) < 4.78 is 10.6. The van der Waals surface area contributed by atoms with E-state index in [0.29, 0.717) is 18.2 Å². The molecule has 98 valence electrons. The van der Waals surface area contributed by atoms with Crippen LogP contribution in [0.4, 0.5) is 0 Å². The molecule has 1 N–H and O–H groups in total. The van der Waals surface area contributed by atoms with Crippen molar-refractivity contribution < 1.29 is 14.6 Å². The molecule has 1 aliphatic rings. The Hall–Kier alpha value is -1.10. The summed E-state index contributed by atoms with van der Waals surface area (Å²) in [6.45, 7) is 6.04. The minimum Gasteiger partial charge on any atom is -0.483 e. The number of rotatable bonds is 3. The second-order valence-electron chi connectivity index (χ2n) is 4.73. The van der Waals surface area contributed by atoms with E-state index in [1.165, 1.54) is 0 Å². The first-order valence-electron chi connectivity index (χ1n) is 5.85. The number of nitrogens with zero attached hydrogens (tertiary/aromatic N) is 2. The molecule has 0 unspecified atom stereocenters. The van der Waals surface area contributed by atoms with Gasteiger partial charge in [0, 0.05) is 13.0 Å². The number of aliphatic imine (C=N–C) groups is 2. The Morgan fingerprint density at radius 2 is 2.00 bits per heavy atom. The molecule has 2 atom stereocenters. The van der Waals surface area contributed by atoms with Crippen LogP contribution in [-0.2, 0) is 9.47 Å². The van der Waals surface area contributed by atoms with Gasteiger partial charge < -0.3 is 14.6 Å². The highest BCUT2D eigenvalue weighted by Crippen LogP contribution is 2.26. The van der Waals surface area contributed by atoms with Crippen LogP contribution in [0, 0.1) is 5.92 Å². The first-order chi connectivity index (χ1) is 7.98. The van der Waals surface area contributed by atoms with Gasteiger partial charge in [-0.3, -0.25) is 0 Å². The molecule has 0 bridgehead atoms. The number of aliphatic hydroxyl groups is 1. The van der Waals surface area contributed by atoms with Crippen molar-refractivity contribution in [2.75, 3.05) is 20.8 Å². The summed E-state index contributed by atoms with van der Waals surface area (Å²) in [5, 5.41) is 9.11. The fourth-order valence-corrected chi connectivity index (χ4v) is 1.93. The highest BCUT2D eigenvalue weighted by Gasteiger charge is 2.39. The van der Waals surface area contributed by atoms with Crippen molar-refractivity contribution in [3.8, 4) is 0 Å². The molecule has 0 aliphatic carbocycles. The average Bonchev–Trinajstić information content (AvgIpc) is 2.28. The lowest BCUT2D eigenvalue weighted by Gasteiger charge is -2.33. The molecular formula is C12H22N2O3. The third-order valence-corrected chi connectivity index (χ3v) is 2.96. The zero-order valence-corrected chi connectivity index (χ0v) is 11.2. The molecule has 0 aromatic carbocycles. The smallest absolute Gasteiger partial charge is 0.212 e. The van der Waals surface area contributed by atoms with Crippen LogP contribution in [0.25, 0.3) is 0 Å². The predicted octanol–water partition coefficient (Wildman–Crippen LogP) is 1.26. The van der Waals surface area contributed by atoms with Crippen LogP contribution in [0.15, 0.2) is 9.98 Å². The van der Waals surface area contributed by atoms with Gasteiger partial charge in [0.15, 0.2) is 0 Å². The van der Waals surface area contributed by atoms with Gasteiger partial charge in [0.2, 0.25) is 11.8 Å². The Labute approximate surface area is 103 Å². The SMILES string of the molecule is COC1=N[C@@](C)(CCO)C(OC)=N[C@@H]1C(C)C. The molecule has 5 heteroatoms. The van der Waals surface area contributed by atoms with Crippen molar-refractivity contribution >= 4 is 11.8 Å². The Balaban J connectivity index is 3.10. The van der Waals surface area contributed by atoms with Crippen LogP contribution in [0.3, 0.4) is 0 Å². The van der Waals surface area contributed by atoms with E-state index in [1.54, 1.807) is 14.2 Å². The van der Waals surface area contributed by atoms with Crippen LogP contribution in [0.2, 0.25) is 0 Å². The minimum absolute atomic E-state index is 0.0335. The molecule has 0 fully saturated rings. The van der Waals surface area contributed by atoms with Gasteiger partial charge >= 0.3 is 0 Å². The van der Waals surface area contributed by atoms with E-state index in [-0.39, 0.29) is 18.6 Å². The van der Waals surface area contributed by atoms with Crippen molar-refractivity contribution in [3.05, 3.63) is 0 Å². The van der Waals surface area contributed by atoms with E-state index < -0.39 is 5.54 Å². The third kappa shape index (κ3) is 2.77. The van der Waals surface area contributed by atoms with Gasteiger partial charge in [0.25, 0.3) is 0 Å². The Bertz CT molecular complexity index is 326. The zero-order chi connectivity index (χ0) is 13.1. The van der Waals surface area contributed by atoms with Gasteiger partial charge in [-0.05, 0) is 12.8 Å². The van der Waals surface area contributed by atoms with E-state index in [1.807, 2.05) is 6.92 Å². The first-order valence-corrected chi connectivity index (χ1v) is 5.85. The second kappa shape index (κ2) is 5.49. The Kier molecular flexibility index (Phi) is 4.51. The van der Waals surface area contributed by atoms with Gasteiger partial charge in [-0.2, -0.15) is 0 Å². The van der Waals surface area contributed by atoms with E-state index in [4.69, 9.17) is 14.6 Å². The maximum Gasteiger partial charge on any atom is 0.212 e. The summed E-state index contributed by atoms with van der Waals surface area (Å²) in [7, 11) is 3.18. The molecule has 0 amide bonds. The predicted molar refractivity (Wildman–Crippen MR) is 67.6 cm³/mol. The lowest BCUT2D eigenvalue weighted by atomic mass is 9.94. The second-order valence-corrected chi connectivity index (χ2v) is 4.73. The van der Waals surface area contributed by atoms with E-state index in [0.717, 1.165) is 0 Å². The van der Waals surface area contributed by atoms with E-state index in [2.05, 4.69) is 23.8 Å². The van der Waals surface area contributed by atoms with Crippen molar-refractivity contribution in [3.63, 3.8) is 0 Å². The van der Waals surface area contributed by atoms with Crippen molar-refractivity contribution in [1.29, 1.82) is 0 Å². The molecule has 0 saturated heterocycles. The molecule has 0 aromatic heterocycles. The number of aliphatic hydroxyl groups excluding tert-OH is 1. The average molecular weight is 242 g/mol. The standard InChI is InChI=1S/C12H22N2O3/c1-8(2)9-10(16-4)14-12(3,6-7-15)11(13-9)17-5/h8-9,15H,6-7H2,1-5H3/t9-,12+/m1/s1. The summed E-state index contributed by atoms with van der Waals surface area (Å²) >= 11 is 0. The van der Waals surface area contributed by atoms with Crippen LogP contribution >= 0.6 is 0 Å².